The quantitative estimate of drug-likeness (QED) is 0.431. The van der Waals surface area contributed by atoms with Crippen LogP contribution in [0.5, 0.6) is 5.88 Å². The molecule has 0 unspecified atom stereocenters. The van der Waals surface area contributed by atoms with Gasteiger partial charge in [0, 0.05) is 55.4 Å². The molecule has 1 aromatic carbocycles. The third kappa shape index (κ3) is 4.62. The van der Waals surface area contributed by atoms with Crippen LogP contribution in [0.4, 0.5) is 11.4 Å². The van der Waals surface area contributed by atoms with Crippen LogP contribution in [-0.2, 0) is 20.2 Å². The van der Waals surface area contributed by atoms with Crippen molar-refractivity contribution in [2.24, 2.45) is 0 Å². The summed E-state index contributed by atoms with van der Waals surface area (Å²) in [6, 6.07) is 7.90. The molecule has 196 valence electrons. The van der Waals surface area contributed by atoms with Gasteiger partial charge in [0.2, 0.25) is 21.8 Å². The van der Waals surface area contributed by atoms with E-state index in [1.165, 1.54) is 0 Å². The van der Waals surface area contributed by atoms with Gasteiger partial charge in [0.05, 0.1) is 23.7 Å². The number of fused-ring (bicyclic) bond motifs is 4. The van der Waals surface area contributed by atoms with Gasteiger partial charge < -0.3 is 19.9 Å². The lowest BCUT2D eigenvalue weighted by molar-refractivity contribution is -0.128. The summed E-state index contributed by atoms with van der Waals surface area (Å²) >= 11 is 0. The molecular weight excluding hydrogens is 492 g/mol. The second-order valence-corrected chi connectivity index (χ2v) is 12.0. The fourth-order valence-corrected chi connectivity index (χ4v) is 5.86. The number of amides is 1. The van der Waals surface area contributed by atoms with Crippen molar-refractivity contribution in [2.75, 3.05) is 56.2 Å². The minimum Gasteiger partial charge on any atom is -0.475 e. The van der Waals surface area contributed by atoms with Crippen LogP contribution in [0.25, 0.3) is 22.0 Å². The van der Waals surface area contributed by atoms with E-state index in [9.17, 15) is 13.2 Å². The van der Waals surface area contributed by atoms with Gasteiger partial charge in [-0.25, -0.2) is 13.4 Å². The normalized spacial score (nSPS) is 16.9. The Labute approximate surface area is 217 Å². The monoisotopic (exact) mass is 524 g/mol. The van der Waals surface area contributed by atoms with Gasteiger partial charge in [-0.1, -0.05) is 19.9 Å². The number of carbonyl (C=O) groups excluding carboxylic acids is 1. The highest BCUT2D eigenvalue weighted by Gasteiger charge is 2.57. The number of nitrogens with zero attached hydrogens (tertiary/aromatic N) is 4. The van der Waals surface area contributed by atoms with Crippen molar-refractivity contribution in [2.45, 2.75) is 25.3 Å². The number of likely N-dealkylation sites (N-methyl/N-ethyl adjacent to an activating group) is 2. The number of carbonyl (C=O) groups is 1. The lowest BCUT2D eigenvalue weighted by Gasteiger charge is -2.45. The van der Waals surface area contributed by atoms with E-state index in [-0.39, 0.29) is 17.5 Å². The average molecular weight is 525 g/mol. The number of hydrogen-bond donors (Lipinski definition) is 2. The van der Waals surface area contributed by atoms with Gasteiger partial charge in [-0.05, 0) is 30.8 Å². The Morgan fingerprint density at radius 2 is 1.86 bits per heavy atom. The molecule has 37 heavy (non-hydrogen) atoms. The molecule has 4 heterocycles. The summed E-state index contributed by atoms with van der Waals surface area (Å²) in [5.41, 5.74) is 3.90. The molecule has 1 spiro atoms. The SMILES string of the molecule is CC(C)NCCOc1ncc(-c2ccc3ncc4c(c3c2)C2(CN(C)C2)C(=O)N4C)cc1NS(C)(=O)=O. The Morgan fingerprint density at radius 3 is 2.54 bits per heavy atom. The highest BCUT2D eigenvalue weighted by Crippen LogP contribution is 2.49. The van der Waals surface area contributed by atoms with Gasteiger partial charge in [0.1, 0.15) is 17.7 Å². The Kier molecular flexibility index (Phi) is 6.33. The van der Waals surface area contributed by atoms with Gasteiger partial charge in [-0.15, -0.1) is 0 Å². The number of sulfonamides is 1. The maximum absolute atomic E-state index is 13.2. The highest BCUT2D eigenvalue weighted by atomic mass is 32.2. The molecule has 5 rings (SSSR count). The van der Waals surface area contributed by atoms with Crippen molar-refractivity contribution in [3.05, 3.63) is 42.2 Å². The fraction of sp³-hybridized carbons (Fsp3) is 0.423. The summed E-state index contributed by atoms with van der Waals surface area (Å²) in [6.45, 7) is 6.35. The van der Waals surface area contributed by atoms with E-state index in [4.69, 9.17) is 4.74 Å². The number of pyridine rings is 2. The number of likely N-dealkylation sites (tertiary alicyclic amines) is 1. The third-order valence-corrected chi connectivity index (χ3v) is 7.45. The first kappa shape index (κ1) is 25.4. The minimum absolute atomic E-state index is 0.0927. The molecule has 0 aliphatic carbocycles. The number of aromatic nitrogens is 2. The standard InChI is InChI=1S/C26H32N6O4S/c1-16(2)27-8-9-36-24-21(30-37(5,34)35)11-18(12-29-24)17-6-7-20-19(10-17)23-22(13-28-20)32(4)25(33)26(23)14-31(3)15-26/h6-7,10-13,16,27,30H,8-9,14-15H2,1-5H3. The molecule has 0 bridgehead atoms. The summed E-state index contributed by atoms with van der Waals surface area (Å²) in [6.07, 6.45) is 4.54. The molecule has 2 N–H and O–H groups in total. The second-order valence-electron chi connectivity index (χ2n) is 10.3. The van der Waals surface area contributed by atoms with Crippen molar-refractivity contribution >= 4 is 38.2 Å². The zero-order chi connectivity index (χ0) is 26.5. The summed E-state index contributed by atoms with van der Waals surface area (Å²) in [5, 5.41) is 4.17. The minimum atomic E-state index is -3.56. The first-order valence-corrected chi connectivity index (χ1v) is 14.1. The molecule has 1 fully saturated rings. The molecule has 2 aliphatic rings. The van der Waals surface area contributed by atoms with E-state index in [1.54, 1.807) is 30.4 Å². The maximum Gasteiger partial charge on any atom is 0.240 e. The maximum atomic E-state index is 13.2. The largest absolute Gasteiger partial charge is 0.475 e. The molecule has 2 aliphatic heterocycles. The smallest absolute Gasteiger partial charge is 0.240 e. The van der Waals surface area contributed by atoms with Crippen LogP contribution in [0, 0.1) is 0 Å². The van der Waals surface area contributed by atoms with Gasteiger partial charge in [-0.3, -0.25) is 14.5 Å². The average Bonchev–Trinajstić information content (AvgIpc) is 3.03. The first-order chi connectivity index (χ1) is 17.5. The number of anilines is 2. The lowest BCUT2D eigenvalue weighted by Crippen LogP contribution is -2.62. The predicted molar refractivity (Wildman–Crippen MR) is 145 cm³/mol. The molecule has 1 amide bonds. The lowest BCUT2D eigenvalue weighted by atomic mass is 9.73. The molecule has 3 aromatic rings. The second kappa shape index (κ2) is 9.23. The number of hydrogen-bond acceptors (Lipinski definition) is 8. The Bertz CT molecular complexity index is 1480. The fourth-order valence-electron chi connectivity index (χ4n) is 5.32. The molecule has 1 saturated heterocycles. The van der Waals surface area contributed by atoms with Crippen molar-refractivity contribution in [3.63, 3.8) is 0 Å². The third-order valence-electron chi connectivity index (χ3n) is 6.85. The van der Waals surface area contributed by atoms with Crippen molar-refractivity contribution in [1.29, 1.82) is 0 Å². The number of nitrogens with one attached hydrogen (secondary N) is 2. The van der Waals surface area contributed by atoms with Gasteiger partial charge in [-0.2, -0.15) is 0 Å². The summed E-state index contributed by atoms with van der Waals surface area (Å²) in [5.74, 6) is 0.307. The number of rotatable bonds is 8. The predicted octanol–water partition coefficient (Wildman–Crippen LogP) is 2.20. The molecule has 11 heteroatoms. The van der Waals surface area contributed by atoms with E-state index >= 15 is 0 Å². The van der Waals surface area contributed by atoms with Gasteiger partial charge in [0.15, 0.2) is 0 Å². The van der Waals surface area contributed by atoms with Crippen LogP contribution in [0.2, 0.25) is 0 Å². The van der Waals surface area contributed by atoms with E-state index in [0.717, 1.165) is 39.5 Å². The molecule has 2 aromatic heterocycles. The Hall–Kier alpha value is -3.28. The topological polar surface area (TPSA) is 117 Å². The van der Waals surface area contributed by atoms with Crippen LogP contribution >= 0.6 is 0 Å². The van der Waals surface area contributed by atoms with Crippen LogP contribution in [0.3, 0.4) is 0 Å². The molecule has 0 saturated carbocycles. The van der Waals surface area contributed by atoms with Crippen LogP contribution in [-0.4, -0.2) is 81.8 Å². The first-order valence-electron chi connectivity index (χ1n) is 12.2. The Morgan fingerprint density at radius 1 is 1.11 bits per heavy atom. The van der Waals surface area contributed by atoms with Crippen molar-refractivity contribution < 1.29 is 17.9 Å². The summed E-state index contributed by atoms with van der Waals surface area (Å²) in [7, 11) is 0.252. The zero-order valence-electron chi connectivity index (χ0n) is 21.7. The highest BCUT2D eigenvalue weighted by molar-refractivity contribution is 7.92. The van der Waals surface area contributed by atoms with E-state index in [1.807, 2.05) is 39.1 Å². The molecule has 10 nitrogen and oxygen atoms in total. The zero-order valence-corrected chi connectivity index (χ0v) is 22.5. The van der Waals surface area contributed by atoms with Crippen LogP contribution in [0.1, 0.15) is 19.4 Å². The van der Waals surface area contributed by atoms with Crippen molar-refractivity contribution in [3.8, 4) is 17.0 Å². The van der Waals surface area contributed by atoms with E-state index < -0.39 is 15.4 Å². The van der Waals surface area contributed by atoms with Crippen molar-refractivity contribution in [1.82, 2.24) is 20.2 Å². The molecule has 0 atom stereocenters. The summed E-state index contributed by atoms with van der Waals surface area (Å²) < 4.78 is 32.4. The van der Waals surface area contributed by atoms with Gasteiger partial charge in [0.25, 0.3) is 0 Å². The summed E-state index contributed by atoms with van der Waals surface area (Å²) in [4.78, 5) is 26.1. The van der Waals surface area contributed by atoms with Gasteiger partial charge >= 0.3 is 0 Å². The van der Waals surface area contributed by atoms with E-state index in [2.05, 4.69) is 24.9 Å². The Balaban J connectivity index is 1.55. The van der Waals surface area contributed by atoms with Crippen LogP contribution in [0.15, 0.2) is 36.7 Å². The number of benzene rings is 1. The van der Waals surface area contributed by atoms with E-state index in [0.29, 0.717) is 32.3 Å². The molecular formula is C26H32N6O4S. The number of ether oxygens (including phenoxy) is 1. The molecule has 0 radical (unpaired) electrons. The van der Waals surface area contributed by atoms with Crippen LogP contribution < -0.4 is 19.7 Å².